The number of rotatable bonds is 6. The lowest BCUT2D eigenvalue weighted by molar-refractivity contribution is -0.181. The minimum absolute atomic E-state index is 0.337. The zero-order chi connectivity index (χ0) is 21.6. The Kier molecular flexibility index (Phi) is 7.24. The van der Waals surface area contributed by atoms with Crippen LogP contribution < -0.4 is 5.32 Å². The molecule has 3 rings (SSSR count). The van der Waals surface area contributed by atoms with Crippen LogP contribution >= 0.6 is 0 Å². The highest BCUT2D eigenvalue weighted by Crippen LogP contribution is 2.25. The van der Waals surface area contributed by atoms with E-state index >= 15 is 0 Å². The lowest BCUT2D eigenvalue weighted by atomic mass is 10.2. The maximum atomic E-state index is 12.9. The third kappa shape index (κ3) is 5.68. The van der Waals surface area contributed by atoms with Crippen LogP contribution in [0.1, 0.15) is 19.7 Å². The smallest absolute Gasteiger partial charge is 0.357 e. The molecular weight excluding hydrogens is 399 g/mol. The number of hydrogen-bond acceptors (Lipinski definition) is 6. The summed E-state index contributed by atoms with van der Waals surface area (Å²) in [5, 5.41) is 7.16. The monoisotopic (exact) mass is 425 g/mol. The lowest BCUT2D eigenvalue weighted by Crippen LogP contribution is -2.56. The third-order valence-electron chi connectivity index (χ3n) is 4.92. The van der Waals surface area contributed by atoms with Crippen LogP contribution in [0, 0.1) is 0 Å². The quantitative estimate of drug-likeness (QED) is 0.561. The highest BCUT2D eigenvalue weighted by atomic mass is 19.4. The molecule has 0 saturated carbocycles. The van der Waals surface area contributed by atoms with Crippen molar-refractivity contribution in [1.29, 1.82) is 0 Å². The van der Waals surface area contributed by atoms with Crippen LogP contribution in [0.4, 0.5) is 13.2 Å². The summed E-state index contributed by atoms with van der Waals surface area (Å²) in [6.07, 6.45) is -2.07. The van der Waals surface area contributed by atoms with Crippen molar-refractivity contribution >= 4 is 5.96 Å². The van der Waals surface area contributed by atoms with Gasteiger partial charge >= 0.3 is 6.18 Å². The van der Waals surface area contributed by atoms with Crippen molar-refractivity contribution < 1.29 is 17.7 Å². The van der Waals surface area contributed by atoms with Crippen molar-refractivity contribution in [2.24, 2.45) is 4.99 Å². The maximum Gasteiger partial charge on any atom is 0.403 e. The lowest BCUT2D eigenvalue weighted by Gasteiger charge is -2.39. The first kappa shape index (κ1) is 22.0. The Hall–Kier alpha value is -2.69. The Morgan fingerprint density at radius 1 is 1.27 bits per heavy atom. The fourth-order valence-electron chi connectivity index (χ4n) is 3.16. The van der Waals surface area contributed by atoms with Gasteiger partial charge in [-0.1, -0.05) is 11.2 Å². The minimum Gasteiger partial charge on any atom is -0.357 e. The zero-order valence-electron chi connectivity index (χ0n) is 17.1. The average Bonchev–Trinajstić information content (AvgIpc) is 3.22. The molecule has 3 heterocycles. The van der Waals surface area contributed by atoms with Gasteiger partial charge in [0.15, 0.2) is 11.8 Å². The van der Waals surface area contributed by atoms with Crippen LogP contribution in [0.15, 0.2) is 33.9 Å². The number of piperazine rings is 1. The molecule has 11 heteroatoms. The number of aromatic nitrogens is 3. The van der Waals surface area contributed by atoms with Crippen LogP contribution in [-0.4, -0.2) is 82.4 Å². The summed E-state index contributed by atoms with van der Waals surface area (Å²) in [6.45, 7) is 5.91. The standard InChI is InChI=1S/C19H26F3N7O/c1-3-23-18(29-12-10-28(11-13-29)14(2)19(20,21)22)25-9-7-16-26-17(30-27-16)15-6-4-5-8-24-15/h4-6,8,14H,3,7,9-13H2,1-2H3,(H,23,25). The van der Waals surface area contributed by atoms with Gasteiger partial charge < -0.3 is 14.7 Å². The van der Waals surface area contributed by atoms with Gasteiger partial charge in [0.2, 0.25) is 0 Å². The van der Waals surface area contributed by atoms with Gasteiger partial charge in [0.1, 0.15) is 11.7 Å². The molecule has 1 N–H and O–H groups in total. The van der Waals surface area contributed by atoms with Crippen LogP contribution in [0.3, 0.4) is 0 Å². The van der Waals surface area contributed by atoms with E-state index in [0.29, 0.717) is 69.1 Å². The van der Waals surface area contributed by atoms with Crippen molar-refractivity contribution in [3.8, 4) is 11.6 Å². The molecule has 0 bridgehead atoms. The Bertz CT molecular complexity index is 817. The van der Waals surface area contributed by atoms with Crippen molar-refractivity contribution in [1.82, 2.24) is 30.2 Å². The first-order valence-corrected chi connectivity index (χ1v) is 9.96. The van der Waals surface area contributed by atoms with Gasteiger partial charge in [0.25, 0.3) is 5.89 Å². The van der Waals surface area contributed by atoms with Gasteiger partial charge in [-0.15, -0.1) is 0 Å². The summed E-state index contributed by atoms with van der Waals surface area (Å²) in [7, 11) is 0. The summed E-state index contributed by atoms with van der Waals surface area (Å²) in [4.78, 5) is 16.5. The Morgan fingerprint density at radius 3 is 2.67 bits per heavy atom. The van der Waals surface area contributed by atoms with Crippen LogP contribution in [-0.2, 0) is 6.42 Å². The van der Waals surface area contributed by atoms with Crippen molar-refractivity contribution in [2.75, 3.05) is 39.3 Å². The van der Waals surface area contributed by atoms with E-state index in [1.165, 1.54) is 11.8 Å². The zero-order valence-corrected chi connectivity index (χ0v) is 17.1. The minimum atomic E-state index is -4.21. The van der Waals surface area contributed by atoms with Crippen LogP contribution in [0.5, 0.6) is 0 Å². The summed E-state index contributed by atoms with van der Waals surface area (Å²) in [6, 6.07) is 4.00. The van der Waals surface area contributed by atoms with Crippen LogP contribution in [0.2, 0.25) is 0 Å². The molecule has 30 heavy (non-hydrogen) atoms. The van der Waals surface area contributed by atoms with Crippen molar-refractivity contribution in [3.63, 3.8) is 0 Å². The summed E-state index contributed by atoms with van der Waals surface area (Å²) in [5.41, 5.74) is 0.610. The first-order chi connectivity index (χ1) is 14.4. The number of nitrogens with one attached hydrogen (secondary N) is 1. The van der Waals surface area contributed by atoms with Crippen molar-refractivity contribution in [2.45, 2.75) is 32.5 Å². The number of hydrogen-bond donors (Lipinski definition) is 1. The van der Waals surface area contributed by atoms with E-state index in [4.69, 9.17) is 4.52 Å². The molecule has 0 aromatic carbocycles. The Balaban J connectivity index is 1.55. The molecule has 1 atom stereocenters. The fourth-order valence-corrected chi connectivity index (χ4v) is 3.16. The molecule has 1 fully saturated rings. The second-order valence-corrected chi connectivity index (χ2v) is 6.96. The molecule has 1 saturated heterocycles. The molecule has 164 valence electrons. The highest BCUT2D eigenvalue weighted by molar-refractivity contribution is 5.80. The SMILES string of the molecule is CCNC(=NCCc1noc(-c2ccccn2)n1)N1CCN(C(C)C(F)(F)F)CC1. The molecule has 2 aromatic rings. The summed E-state index contributed by atoms with van der Waals surface area (Å²) in [5.74, 6) is 1.57. The Morgan fingerprint density at radius 2 is 2.03 bits per heavy atom. The average molecular weight is 425 g/mol. The first-order valence-electron chi connectivity index (χ1n) is 9.96. The van der Waals surface area contributed by atoms with E-state index < -0.39 is 12.2 Å². The molecule has 0 aliphatic carbocycles. The molecule has 0 spiro atoms. The van der Waals surface area contributed by atoms with Gasteiger partial charge in [0.05, 0.1) is 0 Å². The molecule has 8 nitrogen and oxygen atoms in total. The van der Waals surface area contributed by atoms with Crippen LogP contribution in [0.25, 0.3) is 11.6 Å². The number of aliphatic imine (C=N–C) groups is 1. The normalized spacial score (nSPS) is 17.2. The van der Waals surface area contributed by atoms with Gasteiger partial charge in [-0.2, -0.15) is 18.2 Å². The van der Waals surface area contributed by atoms with E-state index in [0.717, 1.165) is 0 Å². The van der Waals surface area contributed by atoms with Crippen molar-refractivity contribution in [3.05, 3.63) is 30.2 Å². The number of guanidine groups is 1. The summed E-state index contributed by atoms with van der Waals surface area (Å²) < 4.78 is 44.0. The Labute approximate surface area is 173 Å². The molecule has 1 aliphatic heterocycles. The molecule has 1 aliphatic rings. The summed E-state index contributed by atoms with van der Waals surface area (Å²) >= 11 is 0. The third-order valence-corrected chi connectivity index (χ3v) is 4.92. The predicted octanol–water partition coefficient (Wildman–Crippen LogP) is 2.21. The van der Waals surface area contributed by atoms with E-state index in [1.807, 2.05) is 17.9 Å². The van der Waals surface area contributed by atoms with E-state index in [2.05, 4.69) is 25.4 Å². The van der Waals surface area contributed by atoms with Gasteiger partial charge in [-0.05, 0) is 26.0 Å². The molecule has 1 unspecified atom stereocenters. The second kappa shape index (κ2) is 9.88. The molecular formula is C19H26F3N7O. The number of halogens is 3. The number of alkyl halides is 3. The molecule has 2 aromatic heterocycles. The van der Waals surface area contributed by atoms with E-state index in [1.54, 1.807) is 18.3 Å². The van der Waals surface area contributed by atoms with E-state index in [-0.39, 0.29) is 0 Å². The molecule has 0 radical (unpaired) electrons. The van der Waals surface area contributed by atoms with E-state index in [9.17, 15) is 13.2 Å². The number of pyridine rings is 1. The predicted molar refractivity (Wildman–Crippen MR) is 106 cm³/mol. The topological polar surface area (TPSA) is 82.7 Å². The highest BCUT2D eigenvalue weighted by Gasteiger charge is 2.41. The van der Waals surface area contributed by atoms with Gasteiger partial charge in [-0.3, -0.25) is 14.9 Å². The van der Waals surface area contributed by atoms with Gasteiger partial charge in [0, 0.05) is 51.9 Å². The molecule has 0 amide bonds. The maximum absolute atomic E-state index is 12.9. The van der Waals surface area contributed by atoms with Gasteiger partial charge in [-0.25, -0.2) is 0 Å². The fraction of sp³-hybridized carbons (Fsp3) is 0.579. The largest absolute Gasteiger partial charge is 0.403 e. The second-order valence-electron chi connectivity index (χ2n) is 6.96. The number of nitrogens with zero attached hydrogens (tertiary/aromatic N) is 6.